The summed E-state index contributed by atoms with van der Waals surface area (Å²) < 4.78 is 0. The van der Waals surface area contributed by atoms with Crippen molar-refractivity contribution in [1.82, 2.24) is 0 Å². The van der Waals surface area contributed by atoms with Crippen LogP contribution < -0.4 is 5.32 Å². The molecule has 2 aromatic carbocycles. The van der Waals surface area contributed by atoms with Crippen molar-refractivity contribution in [2.24, 2.45) is 16.1 Å². The van der Waals surface area contributed by atoms with Crippen LogP contribution in [0.5, 0.6) is 0 Å². The van der Waals surface area contributed by atoms with Crippen LogP contribution in [0.4, 0.5) is 17.1 Å². The van der Waals surface area contributed by atoms with E-state index < -0.39 is 0 Å². The second kappa shape index (κ2) is 7.68. The van der Waals surface area contributed by atoms with Crippen molar-refractivity contribution in [3.05, 3.63) is 66.4 Å². The number of azo groups is 1. The van der Waals surface area contributed by atoms with Gasteiger partial charge in [-0.2, -0.15) is 10.2 Å². The first-order valence-electron chi connectivity index (χ1n) is 8.29. The van der Waals surface area contributed by atoms with E-state index in [4.69, 9.17) is 0 Å². The van der Waals surface area contributed by atoms with Gasteiger partial charge in [0.2, 0.25) is 0 Å². The van der Waals surface area contributed by atoms with Crippen LogP contribution in [-0.2, 0) is 4.79 Å². The zero-order valence-corrected chi connectivity index (χ0v) is 13.8. The molecule has 0 aliphatic heterocycles. The Balaban J connectivity index is 1.62. The molecule has 4 nitrogen and oxygen atoms in total. The lowest BCUT2D eigenvalue weighted by atomic mass is 9.86. The van der Waals surface area contributed by atoms with E-state index in [0.717, 1.165) is 41.9 Å². The van der Waals surface area contributed by atoms with Crippen molar-refractivity contribution in [3.8, 4) is 0 Å². The first-order chi connectivity index (χ1) is 11.7. The predicted octanol–water partition coefficient (Wildman–Crippen LogP) is 5.79. The van der Waals surface area contributed by atoms with Gasteiger partial charge in [-0.1, -0.05) is 25.1 Å². The SMILES string of the molecule is C[C@H]1CCC/C(=C/Nc2ccc(N=Nc3ccccc3)cc2)C1=O. The zero-order valence-electron chi connectivity index (χ0n) is 13.8. The summed E-state index contributed by atoms with van der Waals surface area (Å²) in [6.45, 7) is 2.00. The number of carbonyl (C=O) groups is 1. The van der Waals surface area contributed by atoms with Crippen molar-refractivity contribution >= 4 is 22.8 Å². The average molecular weight is 319 g/mol. The van der Waals surface area contributed by atoms with Gasteiger partial charge in [-0.15, -0.1) is 0 Å². The fourth-order valence-electron chi connectivity index (χ4n) is 2.72. The molecule has 3 rings (SSSR count). The molecule has 1 aliphatic rings. The molecule has 0 aromatic heterocycles. The Morgan fingerprint density at radius 2 is 1.67 bits per heavy atom. The first kappa shape index (κ1) is 16.1. The molecule has 0 spiro atoms. The van der Waals surface area contributed by atoms with E-state index >= 15 is 0 Å². The highest BCUT2D eigenvalue weighted by Gasteiger charge is 2.22. The predicted molar refractivity (Wildman–Crippen MR) is 96.8 cm³/mol. The van der Waals surface area contributed by atoms with E-state index in [-0.39, 0.29) is 11.7 Å². The summed E-state index contributed by atoms with van der Waals surface area (Å²) in [4.78, 5) is 12.1. The number of ketones is 1. The number of hydrogen-bond acceptors (Lipinski definition) is 4. The van der Waals surface area contributed by atoms with Crippen LogP contribution in [0.15, 0.2) is 76.6 Å². The fourth-order valence-corrected chi connectivity index (χ4v) is 2.72. The monoisotopic (exact) mass is 319 g/mol. The topological polar surface area (TPSA) is 53.8 Å². The summed E-state index contributed by atoms with van der Waals surface area (Å²) in [6, 6.07) is 17.3. The Hall–Kier alpha value is -2.75. The van der Waals surface area contributed by atoms with Gasteiger partial charge in [0.05, 0.1) is 11.4 Å². The van der Waals surface area contributed by atoms with Crippen molar-refractivity contribution < 1.29 is 4.79 Å². The van der Waals surface area contributed by atoms with Gasteiger partial charge in [0.15, 0.2) is 5.78 Å². The molecule has 0 amide bonds. The smallest absolute Gasteiger partial charge is 0.163 e. The second-order valence-corrected chi connectivity index (χ2v) is 6.05. The van der Waals surface area contributed by atoms with E-state index in [9.17, 15) is 4.79 Å². The van der Waals surface area contributed by atoms with Crippen molar-refractivity contribution in [1.29, 1.82) is 0 Å². The van der Waals surface area contributed by atoms with E-state index in [2.05, 4.69) is 15.5 Å². The molecule has 1 aliphatic carbocycles. The molecular formula is C20H21N3O. The number of rotatable bonds is 4. The highest BCUT2D eigenvalue weighted by molar-refractivity contribution is 5.97. The van der Waals surface area contributed by atoms with Crippen molar-refractivity contribution in [2.75, 3.05) is 5.32 Å². The number of anilines is 1. The number of hydrogen-bond donors (Lipinski definition) is 1. The molecule has 2 aromatic rings. The van der Waals surface area contributed by atoms with Crippen LogP contribution in [0, 0.1) is 5.92 Å². The third kappa shape index (κ3) is 4.16. The van der Waals surface area contributed by atoms with Gasteiger partial charge in [0.1, 0.15) is 0 Å². The minimum atomic E-state index is 0.146. The third-order valence-electron chi connectivity index (χ3n) is 4.16. The molecule has 0 radical (unpaired) electrons. The molecule has 0 bridgehead atoms. The molecule has 4 heteroatoms. The lowest BCUT2D eigenvalue weighted by Gasteiger charge is -2.19. The minimum Gasteiger partial charge on any atom is -0.361 e. The molecule has 0 saturated heterocycles. The summed E-state index contributed by atoms with van der Waals surface area (Å²) in [7, 11) is 0. The number of nitrogens with one attached hydrogen (secondary N) is 1. The van der Waals surface area contributed by atoms with Crippen LogP contribution in [0.3, 0.4) is 0 Å². The van der Waals surface area contributed by atoms with Gasteiger partial charge in [-0.05, 0) is 55.7 Å². The van der Waals surface area contributed by atoms with E-state index in [1.807, 2.05) is 67.7 Å². The largest absolute Gasteiger partial charge is 0.361 e. The van der Waals surface area contributed by atoms with Gasteiger partial charge in [0, 0.05) is 23.4 Å². The molecular weight excluding hydrogens is 298 g/mol. The Kier molecular flexibility index (Phi) is 5.16. The highest BCUT2D eigenvalue weighted by atomic mass is 16.1. The van der Waals surface area contributed by atoms with Gasteiger partial charge in [-0.3, -0.25) is 4.79 Å². The van der Waals surface area contributed by atoms with Gasteiger partial charge < -0.3 is 5.32 Å². The zero-order chi connectivity index (χ0) is 16.8. The highest BCUT2D eigenvalue weighted by Crippen LogP contribution is 2.25. The number of carbonyl (C=O) groups excluding carboxylic acids is 1. The standard InChI is InChI=1S/C20H21N3O/c1-15-6-5-7-16(20(15)24)14-21-17-10-12-19(13-11-17)23-22-18-8-3-2-4-9-18/h2-4,8-15,21H,5-7H2,1H3/b16-14-,23-22?/t15-/m0/s1. The van der Waals surface area contributed by atoms with Gasteiger partial charge in [-0.25, -0.2) is 0 Å². The van der Waals surface area contributed by atoms with Crippen LogP contribution in [0.2, 0.25) is 0 Å². The van der Waals surface area contributed by atoms with Gasteiger partial charge >= 0.3 is 0 Å². The molecule has 1 fully saturated rings. The molecule has 1 atom stereocenters. The summed E-state index contributed by atoms with van der Waals surface area (Å²) in [5.74, 6) is 0.412. The molecule has 24 heavy (non-hydrogen) atoms. The summed E-state index contributed by atoms with van der Waals surface area (Å²) in [6.07, 6.45) is 4.79. The lowest BCUT2D eigenvalue weighted by Crippen LogP contribution is -2.19. The van der Waals surface area contributed by atoms with Crippen LogP contribution in [-0.4, -0.2) is 5.78 Å². The Labute approximate surface area is 142 Å². The maximum atomic E-state index is 12.1. The van der Waals surface area contributed by atoms with Crippen molar-refractivity contribution in [2.45, 2.75) is 26.2 Å². The molecule has 0 heterocycles. The minimum absolute atomic E-state index is 0.146. The maximum Gasteiger partial charge on any atom is 0.163 e. The van der Waals surface area contributed by atoms with Crippen LogP contribution in [0.25, 0.3) is 0 Å². The van der Waals surface area contributed by atoms with Crippen molar-refractivity contribution in [3.63, 3.8) is 0 Å². The average Bonchev–Trinajstić information content (AvgIpc) is 2.63. The normalized spacial score (nSPS) is 19.8. The summed E-state index contributed by atoms with van der Waals surface area (Å²) in [5, 5.41) is 11.6. The number of Topliss-reactive ketones (excluding diaryl/α,β-unsaturated/α-hetero) is 1. The second-order valence-electron chi connectivity index (χ2n) is 6.05. The Bertz CT molecular complexity index is 748. The third-order valence-corrected chi connectivity index (χ3v) is 4.16. The molecule has 1 saturated carbocycles. The Morgan fingerprint density at radius 1 is 1.00 bits per heavy atom. The quantitative estimate of drug-likeness (QED) is 0.573. The summed E-state index contributed by atoms with van der Waals surface area (Å²) in [5.41, 5.74) is 3.45. The maximum absolute atomic E-state index is 12.1. The number of allylic oxidation sites excluding steroid dienone is 1. The Morgan fingerprint density at radius 3 is 2.38 bits per heavy atom. The van der Waals surface area contributed by atoms with Gasteiger partial charge in [0.25, 0.3) is 0 Å². The van der Waals surface area contributed by atoms with E-state index in [1.165, 1.54) is 0 Å². The van der Waals surface area contributed by atoms with Crippen LogP contribution >= 0.6 is 0 Å². The van der Waals surface area contributed by atoms with E-state index in [1.54, 1.807) is 0 Å². The van der Waals surface area contributed by atoms with E-state index in [0.29, 0.717) is 0 Å². The molecule has 0 unspecified atom stereocenters. The lowest BCUT2D eigenvalue weighted by molar-refractivity contribution is -0.119. The summed E-state index contributed by atoms with van der Waals surface area (Å²) >= 11 is 0. The molecule has 1 N–H and O–H groups in total. The number of nitrogens with zero attached hydrogens (tertiary/aromatic N) is 2. The molecule has 122 valence electrons. The first-order valence-corrected chi connectivity index (χ1v) is 8.29. The number of benzene rings is 2. The fraction of sp³-hybridized carbons (Fsp3) is 0.250. The van der Waals surface area contributed by atoms with Crippen LogP contribution in [0.1, 0.15) is 26.2 Å².